The maximum absolute atomic E-state index is 6.50. The highest BCUT2D eigenvalue weighted by atomic mass is 32.2. The van der Waals surface area contributed by atoms with Crippen molar-refractivity contribution in [2.75, 3.05) is 0 Å². The third-order valence-corrected chi connectivity index (χ3v) is 7.89. The van der Waals surface area contributed by atoms with Crippen LogP contribution in [0.25, 0.3) is 30.9 Å². The van der Waals surface area contributed by atoms with E-state index in [0.717, 1.165) is 17.9 Å². The first-order valence-corrected chi connectivity index (χ1v) is 10.7. The Morgan fingerprint density at radius 1 is 1.25 bits per heavy atom. The number of ether oxygens (including phenoxy) is 1. The first kappa shape index (κ1) is 14.9. The fourth-order valence-electron chi connectivity index (χ4n) is 3.76. The number of hydrogen-bond donors (Lipinski definition) is 0. The Bertz CT molecular complexity index is 1110. The summed E-state index contributed by atoms with van der Waals surface area (Å²) in [4.78, 5) is 1.39. The van der Waals surface area contributed by atoms with E-state index in [1.165, 1.54) is 41.3 Å². The Hall–Kier alpha value is -1.43. The molecule has 1 aliphatic rings. The van der Waals surface area contributed by atoms with Gasteiger partial charge in [0.05, 0.1) is 15.0 Å². The van der Waals surface area contributed by atoms with Crippen LogP contribution in [-0.2, 0) is 13.5 Å². The Morgan fingerprint density at radius 2 is 2.08 bits per heavy atom. The summed E-state index contributed by atoms with van der Waals surface area (Å²) in [6, 6.07) is 2.24. The van der Waals surface area contributed by atoms with Gasteiger partial charge < -0.3 is 4.74 Å². The van der Waals surface area contributed by atoms with Gasteiger partial charge in [0, 0.05) is 21.9 Å². The molecule has 122 valence electrons. The van der Waals surface area contributed by atoms with Crippen LogP contribution in [0.2, 0.25) is 0 Å². The average Bonchev–Trinajstić information content (AvgIpc) is 3.23. The predicted molar refractivity (Wildman–Crippen MR) is 105 cm³/mol. The van der Waals surface area contributed by atoms with Crippen LogP contribution < -0.4 is 9.30 Å². The smallest absolute Gasteiger partial charge is 0.258 e. The van der Waals surface area contributed by atoms with Gasteiger partial charge in [-0.1, -0.05) is 13.8 Å². The van der Waals surface area contributed by atoms with E-state index in [9.17, 15) is 0 Å². The molecule has 0 N–H and O–H groups in total. The molecular weight excluding hydrogens is 354 g/mol. The Labute approximate surface area is 152 Å². The van der Waals surface area contributed by atoms with Gasteiger partial charge in [-0.15, -0.1) is 34.0 Å². The lowest BCUT2D eigenvalue weighted by Gasteiger charge is -2.19. The summed E-state index contributed by atoms with van der Waals surface area (Å²) in [6.45, 7) is 6.81. The van der Waals surface area contributed by atoms with Crippen molar-refractivity contribution in [2.45, 2.75) is 27.2 Å². The third-order valence-electron chi connectivity index (χ3n) is 4.74. The molecule has 4 aromatic heterocycles. The number of nitrogens with zero attached hydrogens (tertiary/aromatic N) is 1. The van der Waals surface area contributed by atoms with Gasteiger partial charge in [0.15, 0.2) is 0 Å². The zero-order valence-electron chi connectivity index (χ0n) is 14.1. The van der Waals surface area contributed by atoms with E-state index in [0.29, 0.717) is 5.92 Å². The predicted octanol–water partition coefficient (Wildman–Crippen LogP) is 6.28. The molecule has 0 spiro atoms. The number of rotatable bonds is 2. The SMILES string of the molecule is Cc1sc2scc3c2c1-c1c(c(CC(C)C)c2sccc2[n+]1C)O3. The molecular formula is C19H18NOS3+. The second kappa shape index (κ2) is 5.04. The topological polar surface area (TPSA) is 13.1 Å². The van der Waals surface area contributed by atoms with Crippen LogP contribution in [0.5, 0.6) is 11.5 Å². The van der Waals surface area contributed by atoms with Crippen molar-refractivity contribution in [3.8, 4) is 22.8 Å². The molecule has 0 fully saturated rings. The number of hydrogen-bond acceptors (Lipinski definition) is 4. The summed E-state index contributed by atoms with van der Waals surface area (Å²) < 4.78 is 11.6. The first-order chi connectivity index (χ1) is 11.6. The standard InChI is InChI=1S/C19H18NOS3/c1-9(2)7-11-17-16(20(4)12-5-6-22-18(11)12)14-10(3)24-19-15(14)13(21-17)8-23-19/h5-6,8-9H,7H2,1-4H3/q+1. The third kappa shape index (κ3) is 1.83. The largest absolute Gasteiger partial charge is 0.448 e. The quantitative estimate of drug-likeness (QED) is 0.332. The van der Waals surface area contributed by atoms with Crippen molar-refractivity contribution in [2.24, 2.45) is 13.0 Å². The van der Waals surface area contributed by atoms with E-state index in [2.05, 4.69) is 49.2 Å². The van der Waals surface area contributed by atoms with Gasteiger partial charge in [-0.25, -0.2) is 0 Å². The van der Waals surface area contributed by atoms with Crippen molar-refractivity contribution >= 4 is 53.6 Å². The fraction of sp³-hybridized carbons (Fsp3) is 0.316. The van der Waals surface area contributed by atoms with E-state index < -0.39 is 0 Å². The molecule has 0 saturated carbocycles. The summed E-state index contributed by atoms with van der Waals surface area (Å²) in [5.41, 5.74) is 5.33. The Balaban J connectivity index is 1.96. The van der Waals surface area contributed by atoms with Gasteiger partial charge in [-0.05, 0) is 24.6 Å². The zero-order chi connectivity index (χ0) is 16.6. The van der Waals surface area contributed by atoms with Gasteiger partial charge >= 0.3 is 0 Å². The van der Waals surface area contributed by atoms with Gasteiger partial charge in [-0.2, -0.15) is 4.57 Å². The van der Waals surface area contributed by atoms with Crippen LogP contribution in [0.1, 0.15) is 24.3 Å². The Morgan fingerprint density at radius 3 is 2.88 bits per heavy atom. The fourth-order valence-corrected chi connectivity index (χ4v) is 7.03. The summed E-state index contributed by atoms with van der Waals surface area (Å²) in [6.07, 6.45) is 1.05. The molecule has 5 rings (SSSR count). The maximum atomic E-state index is 6.50. The molecule has 2 nitrogen and oxygen atoms in total. The highest BCUT2D eigenvalue weighted by molar-refractivity contribution is 7.38. The van der Waals surface area contributed by atoms with Crippen LogP contribution in [0, 0.1) is 12.8 Å². The van der Waals surface area contributed by atoms with Crippen molar-refractivity contribution in [3.05, 3.63) is 27.3 Å². The molecule has 0 aromatic carbocycles. The zero-order valence-corrected chi connectivity index (χ0v) is 16.5. The lowest BCUT2D eigenvalue weighted by molar-refractivity contribution is -0.633. The van der Waals surface area contributed by atoms with Gasteiger partial charge in [0.2, 0.25) is 11.3 Å². The van der Waals surface area contributed by atoms with E-state index in [-0.39, 0.29) is 0 Å². The van der Waals surface area contributed by atoms with Crippen LogP contribution >= 0.6 is 34.0 Å². The molecule has 0 radical (unpaired) electrons. The summed E-state index contributed by atoms with van der Waals surface area (Å²) in [7, 11) is 2.18. The molecule has 0 bridgehead atoms. The number of thiophene rings is 3. The molecule has 0 atom stereocenters. The van der Waals surface area contributed by atoms with E-state index in [4.69, 9.17) is 4.74 Å². The minimum absolute atomic E-state index is 0.600. The van der Waals surface area contributed by atoms with Gasteiger partial charge in [0.25, 0.3) is 5.69 Å². The maximum Gasteiger partial charge on any atom is 0.258 e. The van der Waals surface area contributed by atoms with Gasteiger partial charge in [-0.3, -0.25) is 0 Å². The minimum atomic E-state index is 0.600. The summed E-state index contributed by atoms with van der Waals surface area (Å²) in [5, 5.41) is 5.69. The lowest BCUT2D eigenvalue weighted by atomic mass is 9.96. The molecule has 0 saturated heterocycles. The van der Waals surface area contributed by atoms with Gasteiger partial charge in [0.1, 0.15) is 17.5 Å². The number of fused-ring (bicyclic) bond motifs is 3. The second-order valence-corrected chi connectivity index (χ2v) is 10.1. The molecule has 0 aliphatic carbocycles. The van der Waals surface area contributed by atoms with E-state index >= 15 is 0 Å². The van der Waals surface area contributed by atoms with Crippen LogP contribution in [0.4, 0.5) is 0 Å². The monoisotopic (exact) mass is 372 g/mol. The first-order valence-electron chi connectivity index (χ1n) is 8.17. The van der Waals surface area contributed by atoms with E-state index in [1.807, 2.05) is 22.7 Å². The lowest BCUT2D eigenvalue weighted by Crippen LogP contribution is -2.33. The van der Waals surface area contributed by atoms with Crippen molar-refractivity contribution in [3.63, 3.8) is 0 Å². The molecule has 0 unspecified atom stereocenters. The molecule has 5 heteroatoms. The molecule has 24 heavy (non-hydrogen) atoms. The van der Waals surface area contributed by atoms with Crippen LogP contribution in [0.3, 0.4) is 0 Å². The van der Waals surface area contributed by atoms with Crippen LogP contribution in [0.15, 0.2) is 16.8 Å². The van der Waals surface area contributed by atoms with E-state index in [1.54, 1.807) is 11.3 Å². The number of aromatic nitrogens is 1. The summed E-state index contributed by atoms with van der Waals surface area (Å²) >= 11 is 5.52. The Kier molecular flexibility index (Phi) is 3.12. The number of pyridine rings is 1. The number of aryl methyl sites for hydroxylation is 2. The highest BCUT2D eigenvalue weighted by Crippen LogP contribution is 2.54. The molecule has 5 heterocycles. The van der Waals surface area contributed by atoms with Crippen molar-refractivity contribution < 1.29 is 9.30 Å². The van der Waals surface area contributed by atoms with Crippen molar-refractivity contribution in [1.82, 2.24) is 0 Å². The van der Waals surface area contributed by atoms with Crippen molar-refractivity contribution in [1.29, 1.82) is 0 Å². The molecule has 4 aromatic rings. The highest BCUT2D eigenvalue weighted by Gasteiger charge is 2.36. The summed E-state index contributed by atoms with van der Waals surface area (Å²) in [5.74, 6) is 2.72. The minimum Gasteiger partial charge on any atom is -0.448 e. The normalized spacial score (nSPS) is 13.0. The molecule has 1 aliphatic heterocycles. The average molecular weight is 373 g/mol. The van der Waals surface area contributed by atoms with Crippen LogP contribution in [-0.4, -0.2) is 0 Å². The molecule has 0 amide bonds. The second-order valence-electron chi connectivity index (χ2n) is 6.85.